The lowest BCUT2D eigenvalue weighted by Gasteiger charge is -2.26. The first-order chi connectivity index (χ1) is 15.0. The average molecular weight is 428 g/mol. The Balaban J connectivity index is 1.98. The van der Waals surface area contributed by atoms with Gasteiger partial charge in [-0.05, 0) is 56.4 Å². The molecule has 1 aromatic heterocycles. The molecule has 6 nitrogen and oxygen atoms in total. The van der Waals surface area contributed by atoms with E-state index in [2.05, 4.69) is 22.5 Å². The maximum absolute atomic E-state index is 12.5. The van der Waals surface area contributed by atoms with Crippen molar-refractivity contribution in [3.05, 3.63) is 40.7 Å². The van der Waals surface area contributed by atoms with Crippen LogP contribution in [0.5, 0.6) is 5.75 Å². The zero-order chi connectivity index (χ0) is 22.4. The van der Waals surface area contributed by atoms with Gasteiger partial charge in [0, 0.05) is 43.1 Å². The highest BCUT2D eigenvalue weighted by Crippen LogP contribution is 2.36. The molecule has 2 N–H and O–H groups in total. The molecule has 0 radical (unpaired) electrons. The summed E-state index contributed by atoms with van der Waals surface area (Å²) in [6.07, 6.45) is 4.15. The van der Waals surface area contributed by atoms with E-state index in [0.717, 1.165) is 93.2 Å². The molecule has 6 heteroatoms. The number of primary amides is 1. The maximum Gasteiger partial charge on any atom is 0.251 e. The highest BCUT2D eigenvalue weighted by Gasteiger charge is 2.25. The van der Waals surface area contributed by atoms with Crippen LogP contribution in [0.25, 0.3) is 11.1 Å². The van der Waals surface area contributed by atoms with Gasteiger partial charge in [0.15, 0.2) is 0 Å². The Kier molecular flexibility index (Phi) is 8.15. The van der Waals surface area contributed by atoms with Crippen molar-refractivity contribution in [1.29, 1.82) is 0 Å². The van der Waals surface area contributed by atoms with Crippen LogP contribution in [0, 0.1) is 13.8 Å². The fourth-order valence-electron chi connectivity index (χ4n) is 4.63. The molecule has 2 aromatic rings. The van der Waals surface area contributed by atoms with E-state index in [-0.39, 0.29) is 5.91 Å². The maximum atomic E-state index is 12.5. The van der Waals surface area contributed by atoms with E-state index in [9.17, 15) is 4.79 Å². The summed E-state index contributed by atoms with van der Waals surface area (Å²) in [6.45, 7) is 11.8. The van der Waals surface area contributed by atoms with Crippen molar-refractivity contribution in [3.63, 3.8) is 0 Å². The number of rotatable bonds is 10. The number of hydrogen-bond donors (Lipinski definition) is 1. The number of unbranched alkanes of at least 4 members (excludes halogenated alkanes) is 1. The fourth-order valence-corrected chi connectivity index (χ4v) is 4.63. The monoisotopic (exact) mass is 427 g/mol. The van der Waals surface area contributed by atoms with E-state index in [1.807, 2.05) is 26.0 Å². The lowest BCUT2D eigenvalue weighted by atomic mass is 9.96. The number of amides is 1. The number of carbonyl (C=O) groups excluding carboxylic acids is 1. The van der Waals surface area contributed by atoms with Gasteiger partial charge in [0.05, 0.1) is 25.9 Å². The lowest BCUT2D eigenvalue weighted by molar-refractivity contribution is 0.0369. The summed E-state index contributed by atoms with van der Waals surface area (Å²) >= 11 is 0. The van der Waals surface area contributed by atoms with Crippen LogP contribution in [0.4, 0.5) is 0 Å². The summed E-state index contributed by atoms with van der Waals surface area (Å²) in [5.74, 6) is 0.492. The molecule has 1 aliphatic rings. The summed E-state index contributed by atoms with van der Waals surface area (Å²) in [6, 6.07) is 6.12. The molecule has 31 heavy (non-hydrogen) atoms. The molecular formula is C25H37N3O3. The minimum Gasteiger partial charge on any atom is -0.496 e. The predicted molar refractivity (Wildman–Crippen MR) is 125 cm³/mol. The standard InChI is InChI=1S/C25H37N3O3/c1-5-6-8-21-24(20-9-10-22(30-4)18(2)17-20)23(25(26)29)19(3)28(21)12-7-11-27-13-15-31-16-14-27/h9-10,17H,5-8,11-16H2,1-4H3,(H2,26,29). The first-order valence-corrected chi connectivity index (χ1v) is 11.4. The Labute approximate surface area is 186 Å². The Morgan fingerprint density at radius 3 is 2.52 bits per heavy atom. The Morgan fingerprint density at radius 1 is 1.16 bits per heavy atom. The van der Waals surface area contributed by atoms with E-state index in [1.54, 1.807) is 7.11 Å². The number of aryl methyl sites for hydroxylation is 1. The molecule has 0 unspecified atom stereocenters. The van der Waals surface area contributed by atoms with Crippen molar-refractivity contribution in [1.82, 2.24) is 9.47 Å². The van der Waals surface area contributed by atoms with Crippen molar-refractivity contribution in [2.24, 2.45) is 5.73 Å². The van der Waals surface area contributed by atoms with Crippen molar-refractivity contribution in [3.8, 4) is 16.9 Å². The van der Waals surface area contributed by atoms with Crippen molar-refractivity contribution in [2.45, 2.75) is 53.0 Å². The third-order valence-corrected chi connectivity index (χ3v) is 6.29. The van der Waals surface area contributed by atoms with Gasteiger partial charge in [-0.25, -0.2) is 0 Å². The molecule has 0 saturated carbocycles. The van der Waals surface area contributed by atoms with Gasteiger partial charge in [0.1, 0.15) is 5.75 Å². The zero-order valence-electron chi connectivity index (χ0n) is 19.5. The SMILES string of the molecule is CCCCc1c(-c2ccc(OC)c(C)c2)c(C(N)=O)c(C)n1CCCN1CCOCC1. The minimum absolute atomic E-state index is 0.356. The van der Waals surface area contributed by atoms with E-state index in [0.29, 0.717) is 5.56 Å². The molecule has 0 bridgehead atoms. The van der Waals surface area contributed by atoms with Gasteiger partial charge in [-0.1, -0.05) is 19.4 Å². The number of ether oxygens (including phenoxy) is 2. The van der Waals surface area contributed by atoms with Crippen LogP contribution < -0.4 is 10.5 Å². The van der Waals surface area contributed by atoms with Gasteiger partial charge in [-0.2, -0.15) is 0 Å². The second-order valence-corrected chi connectivity index (χ2v) is 8.39. The van der Waals surface area contributed by atoms with Crippen molar-refractivity contribution < 1.29 is 14.3 Å². The number of hydrogen-bond acceptors (Lipinski definition) is 4. The Bertz CT molecular complexity index is 898. The molecule has 170 valence electrons. The largest absolute Gasteiger partial charge is 0.496 e. The number of morpholine rings is 1. The number of carbonyl (C=O) groups is 1. The molecule has 1 fully saturated rings. The van der Waals surface area contributed by atoms with E-state index in [1.165, 1.54) is 5.69 Å². The number of nitrogens with two attached hydrogens (primary N) is 1. The van der Waals surface area contributed by atoms with Gasteiger partial charge < -0.3 is 19.8 Å². The van der Waals surface area contributed by atoms with E-state index in [4.69, 9.17) is 15.2 Å². The highest BCUT2D eigenvalue weighted by molar-refractivity contribution is 6.02. The number of benzene rings is 1. The molecule has 1 aromatic carbocycles. The number of methoxy groups -OCH3 is 1. The lowest BCUT2D eigenvalue weighted by Crippen LogP contribution is -2.37. The summed E-state index contributed by atoms with van der Waals surface area (Å²) in [5.41, 5.74) is 11.8. The third-order valence-electron chi connectivity index (χ3n) is 6.29. The molecule has 2 heterocycles. The minimum atomic E-state index is -0.356. The van der Waals surface area contributed by atoms with Crippen LogP contribution in [-0.2, 0) is 17.7 Å². The topological polar surface area (TPSA) is 69.7 Å². The van der Waals surface area contributed by atoms with Crippen LogP contribution in [-0.4, -0.2) is 55.3 Å². The Morgan fingerprint density at radius 2 is 1.90 bits per heavy atom. The first-order valence-electron chi connectivity index (χ1n) is 11.4. The van der Waals surface area contributed by atoms with E-state index >= 15 is 0 Å². The van der Waals surface area contributed by atoms with Gasteiger partial charge in [-0.3, -0.25) is 9.69 Å². The number of aromatic nitrogens is 1. The molecular weight excluding hydrogens is 390 g/mol. The second-order valence-electron chi connectivity index (χ2n) is 8.39. The van der Waals surface area contributed by atoms with Crippen LogP contribution in [0.15, 0.2) is 18.2 Å². The van der Waals surface area contributed by atoms with Crippen molar-refractivity contribution in [2.75, 3.05) is 40.0 Å². The normalized spacial score (nSPS) is 14.7. The summed E-state index contributed by atoms with van der Waals surface area (Å²) < 4.78 is 13.2. The molecule has 1 saturated heterocycles. The first kappa shape index (κ1) is 23.4. The zero-order valence-corrected chi connectivity index (χ0v) is 19.5. The van der Waals surface area contributed by atoms with Gasteiger partial charge in [0.2, 0.25) is 0 Å². The predicted octanol–water partition coefficient (Wildman–Crippen LogP) is 3.94. The summed E-state index contributed by atoms with van der Waals surface area (Å²) in [7, 11) is 1.68. The Hall–Kier alpha value is -2.31. The summed E-state index contributed by atoms with van der Waals surface area (Å²) in [5, 5.41) is 0. The molecule has 0 atom stereocenters. The number of nitrogens with zero attached hydrogens (tertiary/aromatic N) is 2. The van der Waals surface area contributed by atoms with Gasteiger partial charge in [-0.15, -0.1) is 0 Å². The molecule has 0 spiro atoms. The van der Waals surface area contributed by atoms with Crippen molar-refractivity contribution >= 4 is 5.91 Å². The third kappa shape index (κ3) is 5.31. The van der Waals surface area contributed by atoms with Crippen LogP contribution >= 0.6 is 0 Å². The fraction of sp³-hybridized carbons (Fsp3) is 0.560. The van der Waals surface area contributed by atoms with Crippen LogP contribution in [0.3, 0.4) is 0 Å². The molecule has 3 rings (SSSR count). The van der Waals surface area contributed by atoms with Crippen LogP contribution in [0.1, 0.15) is 53.5 Å². The highest BCUT2D eigenvalue weighted by atomic mass is 16.5. The second kappa shape index (κ2) is 10.8. The quantitative estimate of drug-likeness (QED) is 0.623. The molecule has 1 amide bonds. The van der Waals surface area contributed by atoms with E-state index < -0.39 is 0 Å². The van der Waals surface area contributed by atoms with Gasteiger partial charge >= 0.3 is 0 Å². The van der Waals surface area contributed by atoms with Gasteiger partial charge in [0.25, 0.3) is 5.91 Å². The molecule has 0 aliphatic carbocycles. The van der Waals surface area contributed by atoms with Crippen LogP contribution in [0.2, 0.25) is 0 Å². The average Bonchev–Trinajstić information content (AvgIpc) is 3.04. The smallest absolute Gasteiger partial charge is 0.251 e. The summed E-state index contributed by atoms with van der Waals surface area (Å²) in [4.78, 5) is 15.0. The molecule has 1 aliphatic heterocycles.